The van der Waals surface area contributed by atoms with Gasteiger partial charge in [-0.3, -0.25) is 9.69 Å². The molecule has 4 heteroatoms. The lowest BCUT2D eigenvalue weighted by Crippen LogP contribution is -2.58. The Bertz CT molecular complexity index is 398. The summed E-state index contributed by atoms with van der Waals surface area (Å²) in [4.78, 5) is 14.6. The van der Waals surface area contributed by atoms with Crippen molar-refractivity contribution < 1.29 is 4.79 Å². The van der Waals surface area contributed by atoms with Crippen LogP contribution in [-0.2, 0) is 4.79 Å². The average molecular weight is 275 g/mol. The van der Waals surface area contributed by atoms with Gasteiger partial charge in [-0.05, 0) is 25.7 Å². The smallest absolute Gasteiger partial charge is 0.225 e. The lowest BCUT2D eigenvalue weighted by molar-refractivity contribution is -0.132. The summed E-state index contributed by atoms with van der Waals surface area (Å²) in [6, 6.07) is 3.11. The van der Waals surface area contributed by atoms with Crippen LogP contribution >= 0.6 is 0 Å². The summed E-state index contributed by atoms with van der Waals surface area (Å²) in [6.07, 6.45) is 9.72. The van der Waals surface area contributed by atoms with Crippen molar-refractivity contribution in [3.05, 3.63) is 0 Å². The van der Waals surface area contributed by atoms with Crippen molar-refractivity contribution in [3.8, 4) is 6.07 Å². The Kier molecular flexibility index (Phi) is 3.98. The van der Waals surface area contributed by atoms with Crippen molar-refractivity contribution in [3.63, 3.8) is 0 Å². The van der Waals surface area contributed by atoms with Crippen LogP contribution in [0.1, 0.15) is 51.4 Å². The van der Waals surface area contributed by atoms with Crippen LogP contribution in [0.25, 0.3) is 0 Å². The summed E-state index contributed by atoms with van der Waals surface area (Å²) in [6.45, 7) is 2.41. The highest BCUT2D eigenvalue weighted by molar-refractivity contribution is 5.80. The molecule has 3 fully saturated rings. The zero-order valence-electron chi connectivity index (χ0n) is 12.2. The van der Waals surface area contributed by atoms with E-state index in [1.807, 2.05) is 0 Å². The fraction of sp³-hybridized carbons (Fsp3) is 0.875. The van der Waals surface area contributed by atoms with E-state index >= 15 is 0 Å². The Hall–Kier alpha value is -1.08. The molecule has 0 unspecified atom stereocenters. The van der Waals surface area contributed by atoms with Gasteiger partial charge in [-0.2, -0.15) is 5.26 Å². The van der Waals surface area contributed by atoms with Crippen molar-refractivity contribution >= 4 is 5.91 Å². The van der Waals surface area contributed by atoms with E-state index in [0.717, 1.165) is 38.4 Å². The van der Waals surface area contributed by atoms with Gasteiger partial charge in [0.25, 0.3) is 0 Å². The number of rotatable bonds is 4. The SMILES string of the molecule is N#CC1(CNC(=O)C2CN(C3CCCCC3)C2)CCC1. The Balaban J connectivity index is 1.38. The topological polar surface area (TPSA) is 56.1 Å². The highest BCUT2D eigenvalue weighted by Gasteiger charge is 2.40. The largest absolute Gasteiger partial charge is 0.354 e. The lowest BCUT2D eigenvalue weighted by Gasteiger charge is -2.45. The first-order valence-corrected chi connectivity index (χ1v) is 8.15. The minimum Gasteiger partial charge on any atom is -0.354 e. The van der Waals surface area contributed by atoms with Gasteiger partial charge < -0.3 is 5.32 Å². The summed E-state index contributed by atoms with van der Waals surface area (Å²) >= 11 is 0. The number of amides is 1. The Labute approximate surface area is 121 Å². The van der Waals surface area contributed by atoms with Crippen molar-refractivity contribution in [1.82, 2.24) is 10.2 Å². The van der Waals surface area contributed by atoms with Crippen LogP contribution in [0.2, 0.25) is 0 Å². The first kappa shape index (κ1) is 13.9. The van der Waals surface area contributed by atoms with Gasteiger partial charge in [0.15, 0.2) is 0 Å². The summed E-state index contributed by atoms with van der Waals surface area (Å²) in [5.41, 5.74) is -0.248. The maximum absolute atomic E-state index is 12.1. The van der Waals surface area contributed by atoms with Crippen LogP contribution in [0.3, 0.4) is 0 Å². The van der Waals surface area contributed by atoms with Crippen molar-refractivity contribution in [2.75, 3.05) is 19.6 Å². The van der Waals surface area contributed by atoms with Gasteiger partial charge in [0.1, 0.15) is 0 Å². The van der Waals surface area contributed by atoms with Crippen molar-refractivity contribution in [2.24, 2.45) is 11.3 Å². The summed E-state index contributed by atoms with van der Waals surface area (Å²) in [5.74, 6) is 0.325. The number of likely N-dealkylation sites (tertiary alicyclic amines) is 1. The number of nitriles is 1. The molecular formula is C16H25N3O. The summed E-state index contributed by atoms with van der Waals surface area (Å²) < 4.78 is 0. The summed E-state index contributed by atoms with van der Waals surface area (Å²) in [7, 11) is 0. The number of nitrogens with one attached hydrogen (secondary N) is 1. The maximum Gasteiger partial charge on any atom is 0.225 e. The molecule has 1 N–H and O–H groups in total. The minimum atomic E-state index is -0.248. The molecule has 3 rings (SSSR count). The van der Waals surface area contributed by atoms with Gasteiger partial charge in [0.05, 0.1) is 17.4 Å². The van der Waals surface area contributed by atoms with Crippen LogP contribution in [0.15, 0.2) is 0 Å². The van der Waals surface area contributed by atoms with Gasteiger partial charge >= 0.3 is 0 Å². The highest BCUT2D eigenvalue weighted by Crippen LogP contribution is 2.39. The van der Waals surface area contributed by atoms with E-state index in [1.54, 1.807) is 0 Å². The van der Waals surface area contributed by atoms with Crippen molar-refractivity contribution in [1.29, 1.82) is 5.26 Å². The molecule has 0 aromatic heterocycles. The van der Waals surface area contributed by atoms with Gasteiger partial charge in [-0.25, -0.2) is 0 Å². The monoisotopic (exact) mass is 275 g/mol. The third-order valence-corrected chi connectivity index (χ3v) is 5.52. The molecule has 4 nitrogen and oxygen atoms in total. The van der Waals surface area contributed by atoms with Crippen LogP contribution in [0.5, 0.6) is 0 Å². The van der Waals surface area contributed by atoms with Crippen molar-refractivity contribution in [2.45, 2.75) is 57.4 Å². The first-order valence-electron chi connectivity index (χ1n) is 8.15. The van der Waals surface area contributed by atoms with Crippen LogP contribution < -0.4 is 5.32 Å². The standard InChI is InChI=1S/C16H25N3O/c17-11-16(7-4-8-16)12-18-15(20)13-9-19(10-13)14-5-2-1-3-6-14/h13-14H,1-10,12H2,(H,18,20). The van der Waals surface area contributed by atoms with E-state index < -0.39 is 0 Å². The fourth-order valence-corrected chi connectivity index (χ4v) is 3.76. The molecule has 110 valence electrons. The predicted molar refractivity (Wildman–Crippen MR) is 76.8 cm³/mol. The number of carbonyl (C=O) groups excluding carboxylic acids is 1. The third kappa shape index (κ3) is 2.69. The fourth-order valence-electron chi connectivity index (χ4n) is 3.76. The molecule has 2 saturated carbocycles. The Morgan fingerprint density at radius 3 is 2.45 bits per heavy atom. The molecule has 0 aromatic carbocycles. The van der Waals surface area contributed by atoms with E-state index in [1.165, 1.54) is 32.1 Å². The zero-order valence-corrected chi connectivity index (χ0v) is 12.2. The Morgan fingerprint density at radius 2 is 1.90 bits per heavy atom. The molecule has 0 aromatic rings. The van der Waals surface area contributed by atoms with E-state index in [4.69, 9.17) is 5.26 Å². The molecule has 20 heavy (non-hydrogen) atoms. The van der Waals surface area contributed by atoms with Gasteiger partial charge in [-0.1, -0.05) is 25.7 Å². The zero-order chi connectivity index (χ0) is 14.0. The molecule has 1 heterocycles. The number of hydrogen-bond donors (Lipinski definition) is 1. The second-order valence-corrected chi connectivity index (χ2v) is 6.91. The molecule has 0 spiro atoms. The third-order valence-electron chi connectivity index (χ3n) is 5.52. The van der Waals surface area contributed by atoms with Crippen LogP contribution in [0.4, 0.5) is 0 Å². The molecule has 0 bridgehead atoms. The predicted octanol–water partition coefficient (Wildman–Crippen LogP) is 2.06. The van der Waals surface area contributed by atoms with Crippen LogP contribution in [0, 0.1) is 22.7 Å². The highest BCUT2D eigenvalue weighted by atomic mass is 16.2. The normalized spacial score (nSPS) is 27.1. The second kappa shape index (κ2) is 5.73. The van der Waals surface area contributed by atoms with E-state index in [-0.39, 0.29) is 17.2 Å². The molecule has 1 aliphatic heterocycles. The summed E-state index contributed by atoms with van der Waals surface area (Å²) in [5, 5.41) is 12.2. The number of hydrogen-bond acceptors (Lipinski definition) is 3. The van der Waals surface area contributed by atoms with Crippen LogP contribution in [-0.4, -0.2) is 36.5 Å². The van der Waals surface area contributed by atoms with E-state index in [9.17, 15) is 4.79 Å². The molecule has 1 saturated heterocycles. The molecular weight excluding hydrogens is 250 g/mol. The van der Waals surface area contributed by atoms with Gasteiger partial charge in [0.2, 0.25) is 5.91 Å². The number of carbonyl (C=O) groups is 1. The minimum absolute atomic E-state index is 0.160. The molecule has 0 atom stereocenters. The first-order chi connectivity index (χ1) is 9.72. The molecule has 2 aliphatic carbocycles. The Morgan fingerprint density at radius 1 is 1.20 bits per heavy atom. The molecule has 1 amide bonds. The second-order valence-electron chi connectivity index (χ2n) is 6.91. The van der Waals surface area contributed by atoms with E-state index in [0.29, 0.717) is 6.54 Å². The lowest BCUT2D eigenvalue weighted by atomic mass is 9.70. The van der Waals surface area contributed by atoms with E-state index in [2.05, 4.69) is 16.3 Å². The molecule has 0 radical (unpaired) electrons. The van der Waals surface area contributed by atoms with Gasteiger partial charge in [0, 0.05) is 25.7 Å². The maximum atomic E-state index is 12.1. The number of nitrogens with zero attached hydrogens (tertiary/aromatic N) is 2. The average Bonchev–Trinajstić information content (AvgIpc) is 2.37. The molecule has 3 aliphatic rings. The quantitative estimate of drug-likeness (QED) is 0.854. The van der Waals surface area contributed by atoms with Gasteiger partial charge in [-0.15, -0.1) is 0 Å².